The zero-order valence-corrected chi connectivity index (χ0v) is 17.5. The largest absolute Gasteiger partial charge is 0.426 e. The maximum absolute atomic E-state index is 12.7. The number of carbonyl (C=O) groups is 2. The van der Waals surface area contributed by atoms with Crippen LogP contribution < -0.4 is 10.1 Å². The summed E-state index contributed by atoms with van der Waals surface area (Å²) in [5.41, 5.74) is 1.07. The minimum Gasteiger partial charge on any atom is -0.426 e. The topological polar surface area (TPSA) is 92.8 Å². The lowest BCUT2D eigenvalue weighted by atomic mass is 10.2. The van der Waals surface area contributed by atoms with Crippen LogP contribution in [0.25, 0.3) is 6.08 Å². The van der Waals surface area contributed by atoms with Crippen LogP contribution in [0.3, 0.4) is 0 Å². The quantitative estimate of drug-likeness (QED) is 0.432. The molecule has 0 aliphatic carbocycles. The van der Waals surface area contributed by atoms with Crippen molar-refractivity contribution < 1.29 is 22.7 Å². The third-order valence-corrected chi connectivity index (χ3v) is 6.57. The van der Waals surface area contributed by atoms with Gasteiger partial charge in [-0.25, -0.2) is 8.42 Å². The van der Waals surface area contributed by atoms with Gasteiger partial charge >= 0.3 is 5.97 Å². The molecule has 0 saturated carbocycles. The molecule has 3 rings (SSSR count). The molecule has 1 aliphatic rings. The first-order valence-corrected chi connectivity index (χ1v) is 11.2. The molecular formula is C22H24N2O5S. The number of hydrogen-bond donors (Lipinski definition) is 1. The summed E-state index contributed by atoms with van der Waals surface area (Å²) in [6, 6.07) is 13.0. The van der Waals surface area contributed by atoms with Gasteiger partial charge in [0, 0.05) is 37.3 Å². The molecule has 1 amide bonds. The van der Waals surface area contributed by atoms with Crippen LogP contribution in [0.1, 0.15) is 31.7 Å². The SMILES string of the molecule is CC(=O)Oc1ccccc1C=CC(=O)Nc1ccc(S(=O)(=O)N2CCCCC2)cc1. The molecule has 1 heterocycles. The molecule has 2 aromatic carbocycles. The summed E-state index contributed by atoms with van der Waals surface area (Å²) >= 11 is 0. The van der Waals surface area contributed by atoms with Crippen molar-refractivity contribution in [3.05, 3.63) is 60.2 Å². The minimum absolute atomic E-state index is 0.216. The lowest BCUT2D eigenvalue weighted by Gasteiger charge is -2.25. The monoisotopic (exact) mass is 428 g/mol. The van der Waals surface area contributed by atoms with E-state index in [1.54, 1.807) is 42.5 Å². The van der Waals surface area contributed by atoms with Gasteiger partial charge in [-0.3, -0.25) is 9.59 Å². The van der Waals surface area contributed by atoms with Gasteiger partial charge in [0.25, 0.3) is 0 Å². The normalized spacial score (nSPS) is 15.1. The lowest BCUT2D eigenvalue weighted by molar-refractivity contribution is -0.131. The summed E-state index contributed by atoms with van der Waals surface area (Å²) in [4.78, 5) is 23.6. The van der Waals surface area contributed by atoms with Gasteiger partial charge in [0.05, 0.1) is 4.90 Å². The molecule has 8 heteroatoms. The molecule has 0 unspecified atom stereocenters. The Morgan fingerprint density at radius 2 is 1.67 bits per heavy atom. The highest BCUT2D eigenvalue weighted by molar-refractivity contribution is 7.89. The van der Waals surface area contributed by atoms with Gasteiger partial charge in [-0.2, -0.15) is 4.31 Å². The minimum atomic E-state index is -3.50. The number of anilines is 1. The van der Waals surface area contributed by atoms with E-state index in [1.165, 1.54) is 29.4 Å². The lowest BCUT2D eigenvalue weighted by Crippen LogP contribution is -2.35. The molecule has 1 saturated heterocycles. The number of nitrogens with zero attached hydrogens (tertiary/aromatic N) is 1. The standard InChI is InChI=1S/C22H24N2O5S/c1-17(25)29-21-8-4-3-7-18(21)9-14-22(26)23-19-10-12-20(13-11-19)30(27,28)24-15-5-2-6-16-24/h3-4,7-14H,2,5-6,15-16H2,1H3,(H,23,26). The van der Waals surface area contributed by atoms with Crippen LogP contribution >= 0.6 is 0 Å². The summed E-state index contributed by atoms with van der Waals surface area (Å²) in [6.45, 7) is 2.39. The number of ether oxygens (including phenoxy) is 1. The number of esters is 1. The van der Waals surface area contributed by atoms with Crippen LogP contribution in [-0.2, 0) is 19.6 Å². The molecule has 0 atom stereocenters. The maximum atomic E-state index is 12.7. The van der Waals surface area contributed by atoms with Gasteiger partial charge in [0.2, 0.25) is 15.9 Å². The second-order valence-electron chi connectivity index (χ2n) is 6.94. The summed E-state index contributed by atoms with van der Waals surface area (Å²) in [5, 5.41) is 2.69. The molecular weight excluding hydrogens is 404 g/mol. The molecule has 30 heavy (non-hydrogen) atoms. The van der Waals surface area contributed by atoms with Gasteiger partial charge in [0.1, 0.15) is 5.75 Å². The molecule has 0 bridgehead atoms. The van der Waals surface area contributed by atoms with Crippen molar-refractivity contribution in [2.75, 3.05) is 18.4 Å². The van der Waals surface area contributed by atoms with Crippen LogP contribution in [0, 0.1) is 0 Å². The Morgan fingerprint density at radius 3 is 2.33 bits per heavy atom. The Labute approximate surface area is 176 Å². The number of hydrogen-bond acceptors (Lipinski definition) is 5. The first kappa shape index (κ1) is 21.7. The van der Waals surface area contributed by atoms with Crippen molar-refractivity contribution in [1.82, 2.24) is 4.31 Å². The highest BCUT2D eigenvalue weighted by Gasteiger charge is 2.25. The van der Waals surface area contributed by atoms with E-state index >= 15 is 0 Å². The highest BCUT2D eigenvalue weighted by Crippen LogP contribution is 2.22. The van der Waals surface area contributed by atoms with Crippen LogP contribution in [0.15, 0.2) is 59.5 Å². The Bertz CT molecular complexity index is 1040. The molecule has 7 nitrogen and oxygen atoms in total. The Morgan fingerprint density at radius 1 is 1.00 bits per heavy atom. The second kappa shape index (κ2) is 9.69. The first-order chi connectivity index (χ1) is 14.4. The van der Waals surface area contributed by atoms with E-state index in [1.807, 2.05) is 0 Å². The average molecular weight is 429 g/mol. The van der Waals surface area contributed by atoms with E-state index in [9.17, 15) is 18.0 Å². The number of para-hydroxylation sites is 1. The molecule has 0 spiro atoms. The predicted molar refractivity (Wildman–Crippen MR) is 114 cm³/mol. The van der Waals surface area contributed by atoms with Crippen molar-refractivity contribution in [3.63, 3.8) is 0 Å². The third kappa shape index (κ3) is 5.55. The van der Waals surface area contributed by atoms with Crippen LogP contribution in [-0.4, -0.2) is 37.7 Å². The third-order valence-electron chi connectivity index (χ3n) is 4.66. The van der Waals surface area contributed by atoms with Crippen molar-refractivity contribution in [2.24, 2.45) is 0 Å². The Balaban J connectivity index is 1.65. The summed E-state index contributed by atoms with van der Waals surface area (Å²) < 4.78 is 32.0. The van der Waals surface area contributed by atoms with Crippen molar-refractivity contribution in [1.29, 1.82) is 0 Å². The molecule has 0 radical (unpaired) electrons. The molecule has 1 fully saturated rings. The number of sulfonamides is 1. The molecule has 158 valence electrons. The van der Waals surface area contributed by atoms with Gasteiger partial charge in [-0.1, -0.05) is 24.6 Å². The maximum Gasteiger partial charge on any atom is 0.308 e. The van der Waals surface area contributed by atoms with E-state index in [0.29, 0.717) is 30.1 Å². The zero-order valence-electron chi connectivity index (χ0n) is 16.7. The van der Waals surface area contributed by atoms with E-state index < -0.39 is 16.0 Å². The van der Waals surface area contributed by atoms with Gasteiger partial charge < -0.3 is 10.1 Å². The number of benzene rings is 2. The Hall–Kier alpha value is -2.97. The van der Waals surface area contributed by atoms with Gasteiger partial charge in [0.15, 0.2) is 0 Å². The van der Waals surface area contributed by atoms with Gasteiger partial charge in [-0.15, -0.1) is 0 Å². The fourth-order valence-electron chi connectivity index (χ4n) is 3.18. The molecule has 1 N–H and O–H groups in total. The summed E-state index contributed by atoms with van der Waals surface area (Å²) in [7, 11) is -3.50. The van der Waals surface area contributed by atoms with E-state index in [4.69, 9.17) is 4.74 Å². The number of amides is 1. The smallest absolute Gasteiger partial charge is 0.308 e. The first-order valence-electron chi connectivity index (χ1n) is 9.73. The van der Waals surface area contributed by atoms with Crippen LogP contribution in [0.4, 0.5) is 5.69 Å². The van der Waals surface area contributed by atoms with E-state index in [0.717, 1.165) is 19.3 Å². The fraction of sp³-hybridized carbons (Fsp3) is 0.273. The molecule has 1 aliphatic heterocycles. The zero-order chi connectivity index (χ0) is 21.6. The number of nitrogens with one attached hydrogen (secondary N) is 1. The van der Waals surface area contributed by atoms with E-state index in [-0.39, 0.29) is 10.8 Å². The predicted octanol–water partition coefficient (Wildman–Crippen LogP) is 3.44. The number of carbonyl (C=O) groups excluding carboxylic acids is 2. The summed E-state index contributed by atoms with van der Waals surface area (Å²) in [6.07, 6.45) is 5.67. The molecule has 0 aromatic heterocycles. The average Bonchev–Trinajstić information content (AvgIpc) is 2.74. The van der Waals surface area contributed by atoms with Crippen molar-refractivity contribution >= 4 is 33.7 Å². The van der Waals surface area contributed by atoms with Crippen LogP contribution in [0.2, 0.25) is 0 Å². The highest BCUT2D eigenvalue weighted by atomic mass is 32.2. The van der Waals surface area contributed by atoms with Crippen molar-refractivity contribution in [3.8, 4) is 5.75 Å². The Kier molecular flexibility index (Phi) is 7.02. The fourth-order valence-corrected chi connectivity index (χ4v) is 4.70. The second-order valence-corrected chi connectivity index (χ2v) is 8.88. The molecule has 2 aromatic rings. The van der Waals surface area contributed by atoms with E-state index in [2.05, 4.69) is 5.32 Å². The van der Waals surface area contributed by atoms with Gasteiger partial charge in [-0.05, 0) is 49.2 Å². The summed E-state index contributed by atoms with van der Waals surface area (Å²) in [5.74, 6) is -0.472. The van der Waals surface area contributed by atoms with Crippen molar-refractivity contribution in [2.45, 2.75) is 31.1 Å². The van der Waals surface area contributed by atoms with Crippen LogP contribution in [0.5, 0.6) is 5.75 Å². The number of piperidine rings is 1. The number of rotatable bonds is 6.